The molecule has 1 N–H and O–H groups in total. The number of alkyl halides is 6. The molecule has 0 bridgehead atoms. The number of carbonyl (C=O) groups is 1. The lowest BCUT2D eigenvalue weighted by Crippen LogP contribution is -2.67. The van der Waals surface area contributed by atoms with Gasteiger partial charge in [-0.2, -0.15) is 26.3 Å². The molecule has 1 fully saturated rings. The molecule has 1 aliphatic heterocycles. The Hall–Kier alpha value is -1.15. The van der Waals surface area contributed by atoms with Gasteiger partial charge in [-0.05, 0) is 19.8 Å². The molecular formula is C11H16F6N2O. The van der Waals surface area contributed by atoms with E-state index in [0.29, 0.717) is 12.8 Å². The second-order valence-corrected chi connectivity index (χ2v) is 4.95. The maximum absolute atomic E-state index is 12.7. The molecule has 0 radical (unpaired) electrons. The lowest BCUT2D eigenvalue weighted by molar-refractivity contribution is -0.298. The molecule has 9 heteroatoms. The first-order chi connectivity index (χ1) is 8.99. The van der Waals surface area contributed by atoms with Crippen molar-refractivity contribution in [1.82, 2.24) is 10.2 Å². The Balaban J connectivity index is 2.88. The molecule has 1 heterocycles. The zero-order valence-corrected chi connectivity index (χ0v) is 10.9. The Morgan fingerprint density at radius 2 is 1.30 bits per heavy atom. The molecule has 0 aromatic carbocycles. The first-order valence-electron chi connectivity index (χ1n) is 6.19. The maximum atomic E-state index is 12.7. The highest BCUT2D eigenvalue weighted by atomic mass is 19.4. The van der Waals surface area contributed by atoms with E-state index < -0.39 is 23.9 Å². The van der Waals surface area contributed by atoms with Gasteiger partial charge in [-0.25, -0.2) is 4.79 Å². The molecule has 0 atom stereocenters. The summed E-state index contributed by atoms with van der Waals surface area (Å²) in [6.07, 6.45) is -8.48. The Morgan fingerprint density at radius 3 is 1.65 bits per heavy atom. The van der Waals surface area contributed by atoms with Gasteiger partial charge in [0.25, 0.3) is 0 Å². The van der Waals surface area contributed by atoms with Crippen molar-refractivity contribution in [2.24, 2.45) is 0 Å². The van der Waals surface area contributed by atoms with Crippen LogP contribution in [0.4, 0.5) is 31.1 Å². The molecule has 0 unspecified atom stereocenters. The molecule has 2 amide bonds. The van der Waals surface area contributed by atoms with Crippen molar-refractivity contribution in [2.75, 3.05) is 13.1 Å². The van der Waals surface area contributed by atoms with Crippen molar-refractivity contribution in [3.8, 4) is 0 Å². The topological polar surface area (TPSA) is 32.3 Å². The zero-order chi connectivity index (χ0) is 15.6. The summed E-state index contributed by atoms with van der Waals surface area (Å²) in [5, 5.41) is 1.11. The van der Waals surface area contributed by atoms with Crippen LogP contribution in [0.15, 0.2) is 0 Å². The zero-order valence-electron chi connectivity index (χ0n) is 10.9. The molecule has 0 spiro atoms. The first-order valence-corrected chi connectivity index (χ1v) is 6.19. The molecular weight excluding hydrogens is 290 g/mol. The fourth-order valence-corrected chi connectivity index (χ4v) is 1.87. The first kappa shape index (κ1) is 16.9. The average Bonchev–Trinajstić information content (AvgIpc) is 2.54. The predicted molar refractivity (Wildman–Crippen MR) is 59.1 cm³/mol. The van der Waals surface area contributed by atoms with Gasteiger partial charge in [0, 0.05) is 13.1 Å². The highest BCUT2D eigenvalue weighted by Gasteiger charge is 2.68. The van der Waals surface area contributed by atoms with Crippen molar-refractivity contribution < 1.29 is 31.1 Å². The number of carbonyl (C=O) groups excluding carboxylic acids is 1. The third-order valence-corrected chi connectivity index (χ3v) is 3.38. The van der Waals surface area contributed by atoms with Gasteiger partial charge < -0.3 is 10.2 Å². The average molecular weight is 306 g/mol. The highest BCUT2D eigenvalue weighted by molar-refractivity contribution is 5.75. The smallest absolute Gasteiger partial charge is 0.325 e. The number of urea groups is 1. The normalized spacial score (nSPS) is 18.6. The minimum atomic E-state index is -5.62. The summed E-state index contributed by atoms with van der Waals surface area (Å²) in [7, 11) is 0. The molecule has 1 aliphatic rings. The van der Waals surface area contributed by atoms with Crippen molar-refractivity contribution in [2.45, 2.75) is 50.5 Å². The summed E-state index contributed by atoms with van der Waals surface area (Å²) >= 11 is 0. The Kier molecular flexibility index (Phi) is 4.81. The van der Waals surface area contributed by atoms with Gasteiger partial charge in [0.15, 0.2) is 0 Å². The second kappa shape index (κ2) is 5.69. The van der Waals surface area contributed by atoms with Gasteiger partial charge in [0.05, 0.1) is 0 Å². The van der Waals surface area contributed by atoms with Gasteiger partial charge >= 0.3 is 18.4 Å². The molecule has 20 heavy (non-hydrogen) atoms. The van der Waals surface area contributed by atoms with Crippen molar-refractivity contribution in [3.05, 3.63) is 0 Å². The fraction of sp³-hybridized carbons (Fsp3) is 0.909. The van der Waals surface area contributed by atoms with E-state index in [4.69, 9.17) is 0 Å². The summed E-state index contributed by atoms with van der Waals surface area (Å²) in [5.41, 5.74) is -4.25. The molecule has 0 saturated carbocycles. The van der Waals surface area contributed by atoms with Gasteiger partial charge in [0.1, 0.15) is 0 Å². The van der Waals surface area contributed by atoms with Crippen molar-refractivity contribution in [3.63, 3.8) is 0 Å². The molecule has 0 aromatic rings. The van der Waals surface area contributed by atoms with E-state index in [0.717, 1.165) is 23.1 Å². The number of halogens is 6. The van der Waals surface area contributed by atoms with Crippen LogP contribution in [0.1, 0.15) is 32.6 Å². The second-order valence-electron chi connectivity index (χ2n) is 4.95. The third-order valence-electron chi connectivity index (χ3n) is 3.38. The molecule has 1 rings (SSSR count). The molecule has 1 saturated heterocycles. The summed E-state index contributed by atoms with van der Waals surface area (Å²) < 4.78 is 75.9. The molecule has 118 valence electrons. The number of hydrogen-bond acceptors (Lipinski definition) is 1. The summed E-state index contributed by atoms with van der Waals surface area (Å²) in [6, 6.07) is -1.33. The largest absolute Gasteiger partial charge is 0.420 e. The van der Waals surface area contributed by atoms with Gasteiger partial charge in [0.2, 0.25) is 5.54 Å². The fourth-order valence-electron chi connectivity index (χ4n) is 1.87. The molecule has 0 aliphatic carbocycles. The minimum Gasteiger partial charge on any atom is -0.325 e. The van der Waals surface area contributed by atoms with E-state index in [1.54, 1.807) is 0 Å². The van der Waals surface area contributed by atoms with Crippen LogP contribution in [0.5, 0.6) is 0 Å². The van der Waals surface area contributed by atoms with Gasteiger partial charge in [-0.3, -0.25) is 0 Å². The Morgan fingerprint density at radius 1 is 0.900 bits per heavy atom. The number of rotatable bonds is 1. The standard InChI is InChI=1S/C11H16F6N2O/c1-9(10(12,13)14,11(15,16)17)18-8(20)19-6-4-2-3-5-7-19/h2-7H2,1H3,(H,18,20). The van der Waals surface area contributed by atoms with E-state index in [-0.39, 0.29) is 20.0 Å². The number of nitrogens with one attached hydrogen (secondary N) is 1. The predicted octanol–water partition coefficient (Wildman–Crippen LogP) is 3.46. The SMILES string of the molecule is CC(NC(=O)N1CCCCCC1)(C(F)(F)F)C(F)(F)F. The van der Waals surface area contributed by atoms with Crippen LogP contribution >= 0.6 is 0 Å². The minimum absolute atomic E-state index is 0.0667. The lowest BCUT2D eigenvalue weighted by atomic mass is 10.0. The monoisotopic (exact) mass is 306 g/mol. The Labute approximate surface area is 112 Å². The van der Waals surface area contributed by atoms with E-state index in [2.05, 4.69) is 0 Å². The van der Waals surface area contributed by atoms with Crippen LogP contribution in [0.25, 0.3) is 0 Å². The van der Waals surface area contributed by atoms with Crippen LogP contribution in [0, 0.1) is 0 Å². The molecule has 0 aromatic heterocycles. The van der Waals surface area contributed by atoms with Crippen LogP contribution in [-0.4, -0.2) is 41.9 Å². The van der Waals surface area contributed by atoms with Gasteiger partial charge in [-0.1, -0.05) is 12.8 Å². The summed E-state index contributed by atoms with van der Waals surface area (Å²) in [4.78, 5) is 12.7. The van der Waals surface area contributed by atoms with Crippen molar-refractivity contribution >= 4 is 6.03 Å². The van der Waals surface area contributed by atoms with Crippen LogP contribution in [0.3, 0.4) is 0 Å². The van der Waals surface area contributed by atoms with Gasteiger partial charge in [-0.15, -0.1) is 0 Å². The number of nitrogens with zero attached hydrogens (tertiary/aromatic N) is 1. The number of likely N-dealkylation sites (tertiary alicyclic amines) is 1. The van der Waals surface area contributed by atoms with Crippen LogP contribution in [0.2, 0.25) is 0 Å². The van der Waals surface area contributed by atoms with E-state index >= 15 is 0 Å². The third kappa shape index (κ3) is 3.49. The maximum Gasteiger partial charge on any atom is 0.420 e. The van der Waals surface area contributed by atoms with Crippen LogP contribution in [-0.2, 0) is 0 Å². The number of hydrogen-bond donors (Lipinski definition) is 1. The van der Waals surface area contributed by atoms with Crippen LogP contribution < -0.4 is 5.32 Å². The van der Waals surface area contributed by atoms with E-state index in [1.165, 1.54) is 0 Å². The lowest BCUT2D eigenvalue weighted by Gasteiger charge is -2.36. The summed E-state index contributed by atoms with van der Waals surface area (Å²) in [5.74, 6) is 0. The van der Waals surface area contributed by atoms with E-state index in [1.807, 2.05) is 0 Å². The Bertz CT molecular complexity index is 330. The van der Waals surface area contributed by atoms with Crippen molar-refractivity contribution in [1.29, 1.82) is 0 Å². The summed E-state index contributed by atoms with van der Waals surface area (Å²) in [6.45, 7) is 0.262. The van der Waals surface area contributed by atoms with E-state index in [9.17, 15) is 31.1 Å². The quantitative estimate of drug-likeness (QED) is 0.739. The molecule has 3 nitrogen and oxygen atoms in total. The highest BCUT2D eigenvalue weighted by Crippen LogP contribution is 2.42. The number of amides is 2.